The fourth-order valence-electron chi connectivity index (χ4n) is 3.02. The zero-order valence-corrected chi connectivity index (χ0v) is 15.0. The molecule has 0 amide bonds. The summed E-state index contributed by atoms with van der Waals surface area (Å²) in [6.07, 6.45) is 0.121. The number of rotatable bonds is 7. The maximum absolute atomic E-state index is 11.6. The van der Waals surface area contributed by atoms with Crippen LogP contribution in [0.15, 0.2) is 30.5 Å². The number of phosphoric ester groups is 1. The molecule has 3 rings (SSSR count). The van der Waals surface area contributed by atoms with Gasteiger partial charge in [0.2, 0.25) is 0 Å². The van der Waals surface area contributed by atoms with Crippen LogP contribution >= 0.6 is 7.82 Å². The van der Waals surface area contributed by atoms with Crippen molar-refractivity contribution in [2.24, 2.45) is 0 Å². The SMILES string of the molecule is COC[C@H]1O[C@@H](n2ccc3cc([N+](=O)[O-])ccc32)C[C@H]1OP(=O)([O-])OC. The van der Waals surface area contributed by atoms with Gasteiger partial charge in [-0.3, -0.25) is 14.7 Å². The minimum absolute atomic E-state index is 0.00607. The zero-order valence-electron chi connectivity index (χ0n) is 14.1. The molecule has 0 N–H and O–H groups in total. The Morgan fingerprint density at radius 1 is 1.38 bits per heavy atom. The van der Waals surface area contributed by atoms with Crippen molar-refractivity contribution in [2.45, 2.75) is 24.9 Å². The van der Waals surface area contributed by atoms with Gasteiger partial charge in [-0.05, 0) is 12.1 Å². The number of ether oxygens (including phenoxy) is 2. The van der Waals surface area contributed by atoms with Gasteiger partial charge in [0, 0.05) is 44.4 Å². The summed E-state index contributed by atoms with van der Waals surface area (Å²) in [5, 5.41) is 11.6. The van der Waals surface area contributed by atoms with Crippen LogP contribution in [0.5, 0.6) is 0 Å². The number of non-ortho nitro benzene ring substituents is 1. The Morgan fingerprint density at radius 2 is 2.15 bits per heavy atom. The molecule has 26 heavy (non-hydrogen) atoms. The van der Waals surface area contributed by atoms with Crippen molar-refractivity contribution < 1.29 is 32.9 Å². The average molecular weight is 385 g/mol. The first-order chi connectivity index (χ1) is 12.3. The minimum Gasteiger partial charge on any atom is -0.756 e. The third-order valence-corrected chi connectivity index (χ3v) is 5.20. The number of hydrogen-bond donors (Lipinski definition) is 0. The van der Waals surface area contributed by atoms with Gasteiger partial charge < -0.3 is 28.0 Å². The maximum Gasteiger partial charge on any atom is 0.270 e. The Balaban J connectivity index is 1.86. The molecule has 0 saturated carbocycles. The summed E-state index contributed by atoms with van der Waals surface area (Å²) in [4.78, 5) is 22.1. The monoisotopic (exact) mass is 385 g/mol. The molecule has 1 aromatic heterocycles. The highest BCUT2D eigenvalue weighted by Gasteiger charge is 2.39. The third kappa shape index (κ3) is 3.80. The molecule has 4 atom stereocenters. The van der Waals surface area contributed by atoms with E-state index in [0.717, 1.165) is 12.6 Å². The van der Waals surface area contributed by atoms with E-state index in [4.69, 9.17) is 14.0 Å². The van der Waals surface area contributed by atoms with Crippen LogP contribution in [0.2, 0.25) is 0 Å². The molecule has 1 unspecified atom stereocenters. The van der Waals surface area contributed by atoms with Crippen LogP contribution in [0.4, 0.5) is 5.69 Å². The first-order valence-corrected chi connectivity index (χ1v) is 9.25. The molecular weight excluding hydrogens is 367 g/mol. The summed E-state index contributed by atoms with van der Waals surface area (Å²) >= 11 is 0. The lowest BCUT2D eigenvalue weighted by Gasteiger charge is -2.26. The van der Waals surface area contributed by atoms with Crippen molar-refractivity contribution in [1.29, 1.82) is 0 Å². The Bertz CT molecular complexity index is 853. The van der Waals surface area contributed by atoms with Gasteiger partial charge in [-0.2, -0.15) is 0 Å². The molecule has 0 radical (unpaired) electrons. The van der Waals surface area contributed by atoms with Crippen molar-refractivity contribution in [2.75, 3.05) is 20.8 Å². The zero-order chi connectivity index (χ0) is 18.9. The molecule has 1 saturated heterocycles. The quantitative estimate of drug-likeness (QED) is 0.402. The molecule has 1 aliphatic heterocycles. The minimum atomic E-state index is -4.42. The van der Waals surface area contributed by atoms with Gasteiger partial charge in [0.15, 0.2) is 0 Å². The van der Waals surface area contributed by atoms with Crippen LogP contribution in [-0.4, -0.2) is 42.5 Å². The van der Waals surface area contributed by atoms with Gasteiger partial charge in [0.05, 0.1) is 23.2 Å². The highest BCUT2D eigenvalue weighted by molar-refractivity contribution is 7.45. The first-order valence-electron chi connectivity index (χ1n) is 7.79. The fourth-order valence-corrected chi connectivity index (χ4v) is 3.66. The van der Waals surface area contributed by atoms with Gasteiger partial charge in [-0.25, -0.2) is 0 Å². The van der Waals surface area contributed by atoms with Gasteiger partial charge >= 0.3 is 0 Å². The highest BCUT2D eigenvalue weighted by atomic mass is 31.2. The van der Waals surface area contributed by atoms with Crippen LogP contribution in [-0.2, 0) is 23.1 Å². The van der Waals surface area contributed by atoms with E-state index in [0.29, 0.717) is 5.39 Å². The lowest BCUT2D eigenvalue weighted by atomic mass is 10.2. The number of hydrogen-bond acceptors (Lipinski definition) is 8. The lowest BCUT2D eigenvalue weighted by Crippen LogP contribution is -2.29. The lowest BCUT2D eigenvalue weighted by molar-refractivity contribution is -0.384. The van der Waals surface area contributed by atoms with E-state index in [1.165, 1.54) is 19.2 Å². The number of phosphoric acid groups is 1. The molecule has 1 aliphatic rings. The Kier molecular flexibility index (Phi) is 5.42. The summed E-state index contributed by atoms with van der Waals surface area (Å²) in [7, 11) is -1.92. The number of methoxy groups -OCH3 is 1. The van der Waals surface area contributed by atoms with Crippen molar-refractivity contribution in [3.05, 3.63) is 40.6 Å². The van der Waals surface area contributed by atoms with Crippen LogP contribution < -0.4 is 4.89 Å². The largest absolute Gasteiger partial charge is 0.756 e. The number of nitro benzene ring substituents is 1. The number of nitrogens with zero attached hydrogens (tertiary/aromatic N) is 2. The summed E-state index contributed by atoms with van der Waals surface area (Å²) in [5.74, 6) is 0. The van der Waals surface area contributed by atoms with E-state index in [2.05, 4.69) is 4.52 Å². The predicted octanol–water partition coefficient (Wildman–Crippen LogP) is 1.98. The van der Waals surface area contributed by atoms with Crippen molar-refractivity contribution in [1.82, 2.24) is 4.57 Å². The molecule has 1 fully saturated rings. The molecule has 11 heteroatoms. The second-order valence-corrected chi connectivity index (χ2v) is 7.29. The number of benzene rings is 1. The van der Waals surface area contributed by atoms with Crippen LogP contribution in [0, 0.1) is 10.1 Å². The summed E-state index contributed by atoms with van der Waals surface area (Å²) < 4.78 is 33.8. The van der Waals surface area contributed by atoms with Gasteiger partial charge in [-0.1, -0.05) is 0 Å². The normalized spacial score (nSPS) is 25.4. The van der Waals surface area contributed by atoms with Crippen LogP contribution in [0.1, 0.15) is 12.6 Å². The van der Waals surface area contributed by atoms with Gasteiger partial charge in [0.1, 0.15) is 12.3 Å². The van der Waals surface area contributed by atoms with E-state index < -0.39 is 31.2 Å². The molecule has 2 heterocycles. The third-order valence-electron chi connectivity index (χ3n) is 4.22. The molecule has 2 aromatic rings. The molecule has 0 bridgehead atoms. The van der Waals surface area contributed by atoms with E-state index in [1.807, 2.05) is 0 Å². The molecule has 0 spiro atoms. The van der Waals surface area contributed by atoms with Crippen molar-refractivity contribution >= 4 is 24.4 Å². The second kappa shape index (κ2) is 7.43. The number of fused-ring (bicyclic) bond motifs is 1. The first kappa shape index (κ1) is 19.0. The van der Waals surface area contributed by atoms with Crippen LogP contribution in [0.3, 0.4) is 0 Å². The highest BCUT2D eigenvalue weighted by Crippen LogP contribution is 2.44. The topological polar surface area (TPSA) is 125 Å². The van der Waals surface area contributed by atoms with Gasteiger partial charge in [0.25, 0.3) is 13.5 Å². The molecule has 142 valence electrons. The molecular formula is C15H18N2O8P-. The number of nitro groups is 1. The standard InChI is InChI=1S/C15H19N2O8P/c1-22-9-14-13(25-26(20,21)23-2)8-15(24-14)16-6-5-10-7-11(17(18)19)3-4-12(10)16/h3-7,13-15H,8-9H2,1-2H3,(H,20,21)/p-1/t13-,14-,15-/m1/s1. The summed E-state index contributed by atoms with van der Waals surface area (Å²) in [6, 6.07) is 6.24. The van der Waals surface area contributed by atoms with Crippen molar-refractivity contribution in [3.8, 4) is 0 Å². The Morgan fingerprint density at radius 3 is 2.81 bits per heavy atom. The van der Waals surface area contributed by atoms with E-state index >= 15 is 0 Å². The molecule has 10 nitrogen and oxygen atoms in total. The Hall–Kier alpha value is -1.81. The van der Waals surface area contributed by atoms with Gasteiger partial charge in [-0.15, -0.1) is 0 Å². The average Bonchev–Trinajstić information content (AvgIpc) is 3.18. The summed E-state index contributed by atoms with van der Waals surface area (Å²) in [5.41, 5.74) is 0.725. The predicted molar refractivity (Wildman–Crippen MR) is 88.5 cm³/mol. The molecule has 0 aliphatic carbocycles. The second-order valence-electron chi connectivity index (χ2n) is 5.82. The van der Waals surface area contributed by atoms with E-state index in [9.17, 15) is 19.6 Å². The van der Waals surface area contributed by atoms with Crippen LogP contribution in [0.25, 0.3) is 10.9 Å². The fraction of sp³-hybridized carbons (Fsp3) is 0.467. The molecule has 1 aromatic carbocycles. The maximum atomic E-state index is 11.6. The van der Waals surface area contributed by atoms with E-state index in [1.54, 1.807) is 22.9 Å². The summed E-state index contributed by atoms with van der Waals surface area (Å²) in [6.45, 7) is 0.148. The van der Waals surface area contributed by atoms with Crippen molar-refractivity contribution in [3.63, 3.8) is 0 Å². The Labute approximate surface area is 149 Å². The number of aromatic nitrogens is 1. The van der Waals surface area contributed by atoms with E-state index in [-0.39, 0.29) is 18.7 Å². The smallest absolute Gasteiger partial charge is 0.270 e.